The van der Waals surface area contributed by atoms with E-state index in [1.165, 1.54) is 18.2 Å². The van der Waals surface area contributed by atoms with Crippen molar-refractivity contribution in [2.24, 2.45) is 0 Å². The molecule has 0 aliphatic rings. The Balaban J connectivity index is 2.44. The number of para-hydroxylation sites is 1. The summed E-state index contributed by atoms with van der Waals surface area (Å²) in [6, 6.07) is 11.6. The number of nitro groups is 1. The third-order valence-corrected chi connectivity index (χ3v) is 3.68. The summed E-state index contributed by atoms with van der Waals surface area (Å²) in [5, 5.41) is 11.0. The van der Waals surface area contributed by atoms with E-state index in [-0.39, 0.29) is 22.2 Å². The summed E-state index contributed by atoms with van der Waals surface area (Å²) >= 11 is 5.79. The molecule has 0 saturated carbocycles. The molecule has 0 unspecified atom stereocenters. The van der Waals surface area contributed by atoms with Crippen molar-refractivity contribution in [1.82, 2.24) is 0 Å². The van der Waals surface area contributed by atoms with Crippen molar-refractivity contribution in [3.8, 4) is 0 Å². The summed E-state index contributed by atoms with van der Waals surface area (Å²) in [4.78, 5) is 24.6. The molecule has 0 N–H and O–H groups in total. The molecule has 2 aromatic rings. The number of rotatable bonds is 4. The Kier molecular flexibility index (Phi) is 4.78. The molecule has 6 heteroatoms. The minimum Gasteiger partial charge on any atom is -0.308 e. The van der Waals surface area contributed by atoms with Crippen LogP contribution in [0.4, 0.5) is 11.4 Å². The van der Waals surface area contributed by atoms with Crippen LogP contribution >= 0.6 is 11.6 Å². The molecule has 22 heavy (non-hydrogen) atoms. The molecule has 0 aliphatic carbocycles. The molecule has 2 rings (SSSR count). The molecular weight excluding hydrogens is 304 g/mol. The van der Waals surface area contributed by atoms with Crippen molar-refractivity contribution in [3.05, 3.63) is 68.7 Å². The molecule has 0 aromatic heterocycles. The second-order valence-electron chi connectivity index (χ2n) is 4.76. The lowest BCUT2D eigenvalue weighted by molar-refractivity contribution is -0.384. The third kappa shape index (κ3) is 3.09. The molecule has 2 aromatic carbocycles. The predicted octanol–water partition coefficient (Wildman–Crippen LogP) is 4.22. The van der Waals surface area contributed by atoms with Crippen molar-refractivity contribution in [2.45, 2.75) is 13.8 Å². The Morgan fingerprint density at radius 2 is 1.95 bits per heavy atom. The topological polar surface area (TPSA) is 63.5 Å². The van der Waals surface area contributed by atoms with Crippen molar-refractivity contribution in [2.75, 3.05) is 11.4 Å². The Bertz CT molecular complexity index is 731. The van der Waals surface area contributed by atoms with Crippen LogP contribution in [0.1, 0.15) is 22.8 Å². The number of carbonyl (C=O) groups is 1. The number of hydrogen-bond acceptors (Lipinski definition) is 3. The van der Waals surface area contributed by atoms with Gasteiger partial charge in [-0.15, -0.1) is 0 Å². The van der Waals surface area contributed by atoms with Crippen LogP contribution in [0.5, 0.6) is 0 Å². The SMILES string of the molecule is CCN(C(=O)c1ccc(Cl)c([N+](=O)[O-])c1)c1ccccc1C. The van der Waals surface area contributed by atoms with E-state index in [0.29, 0.717) is 6.54 Å². The van der Waals surface area contributed by atoms with Gasteiger partial charge < -0.3 is 4.90 Å². The number of nitro benzene ring substituents is 1. The van der Waals surface area contributed by atoms with Gasteiger partial charge in [0.05, 0.1) is 4.92 Å². The summed E-state index contributed by atoms with van der Waals surface area (Å²) in [6.07, 6.45) is 0. The summed E-state index contributed by atoms with van der Waals surface area (Å²) in [6.45, 7) is 4.23. The second-order valence-corrected chi connectivity index (χ2v) is 5.17. The van der Waals surface area contributed by atoms with Crippen LogP contribution in [-0.4, -0.2) is 17.4 Å². The average molecular weight is 319 g/mol. The lowest BCUT2D eigenvalue weighted by Gasteiger charge is -2.23. The van der Waals surface area contributed by atoms with E-state index in [9.17, 15) is 14.9 Å². The van der Waals surface area contributed by atoms with Crippen molar-refractivity contribution in [1.29, 1.82) is 0 Å². The fourth-order valence-corrected chi connectivity index (χ4v) is 2.42. The zero-order valence-electron chi connectivity index (χ0n) is 12.2. The fourth-order valence-electron chi connectivity index (χ4n) is 2.23. The van der Waals surface area contributed by atoms with Crippen molar-refractivity contribution < 1.29 is 9.72 Å². The van der Waals surface area contributed by atoms with E-state index in [1.54, 1.807) is 4.90 Å². The maximum absolute atomic E-state index is 12.7. The fraction of sp³-hybridized carbons (Fsp3) is 0.188. The van der Waals surface area contributed by atoms with E-state index in [2.05, 4.69) is 0 Å². The number of anilines is 1. The van der Waals surface area contributed by atoms with Crippen LogP contribution in [0.15, 0.2) is 42.5 Å². The van der Waals surface area contributed by atoms with Gasteiger partial charge in [-0.2, -0.15) is 0 Å². The molecule has 0 aliphatic heterocycles. The average Bonchev–Trinajstić information content (AvgIpc) is 2.50. The lowest BCUT2D eigenvalue weighted by Crippen LogP contribution is -2.31. The highest BCUT2D eigenvalue weighted by molar-refractivity contribution is 6.32. The number of carbonyl (C=O) groups excluding carboxylic acids is 1. The number of halogens is 1. The number of amides is 1. The third-order valence-electron chi connectivity index (χ3n) is 3.36. The van der Waals surface area contributed by atoms with Crippen molar-refractivity contribution >= 4 is 28.9 Å². The van der Waals surface area contributed by atoms with Gasteiger partial charge in [-0.25, -0.2) is 0 Å². The van der Waals surface area contributed by atoms with Crippen LogP contribution in [-0.2, 0) is 0 Å². The first-order chi connectivity index (χ1) is 10.5. The largest absolute Gasteiger partial charge is 0.308 e. The minimum atomic E-state index is -0.594. The predicted molar refractivity (Wildman–Crippen MR) is 86.6 cm³/mol. The summed E-state index contributed by atoms with van der Waals surface area (Å²) < 4.78 is 0. The number of nitrogens with zero attached hydrogens (tertiary/aromatic N) is 2. The number of aryl methyl sites for hydroxylation is 1. The normalized spacial score (nSPS) is 10.3. The van der Waals surface area contributed by atoms with Gasteiger partial charge in [0.2, 0.25) is 0 Å². The molecule has 0 radical (unpaired) electrons. The Morgan fingerprint density at radius 1 is 1.27 bits per heavy atom. The van der Waals surface area contributed by atoms with E-state index in [4.69, 9.17) is 11.6 Å². The maximum Gasteiger partial charge on any atom is 0.288 e. The smallest absolute Gasteiger partial charge is 0.288 e. The van der Waals surface area contributed by atoms with Gasteiger partial charge in [-0.05, 0) is 37.6 Å². The van der Waals surface area contributed by atoms with Gasteiger partial charge in [-0.3, -0.25) is 14.9 Å². The molecule has 0 heterocycles. The molecule has 1 amide bonds. The van der Waals surface area contributed by atoms with Crippen LogP contribution < -0.4 is 4.90 Å². The molecule has 0 fully saturated rings. The number of hydrogen-bond donors (Lipinski definition) is 0. The molecule has 114 valence electrons. The van der Waals surface area contributed by atoms with E-state index >= 15 is 0 Å². The zero-order chi connectivity index (χ0) is 16.3. The van der Waals surface area contributed by atoms with E-state index < -0.39 is 4.92 Å². The van der Waals surface area contributed by atoms with Gasteiger partial charge in [0.25, 0.3) is 11.6 Å². The molecule has 0 saturated heterocycles. The quantitative estimate of drug-likeness (QED) is 0.626. The highest BCUT2D eigenvalue weighted by Gasteiger charge is 2.21. The summed E-state index contributed by atoms with van der Waals surface area (Å²) in [7, 11) is 0. The first kappa shape index (κ1) is 16.0. The molecule has 0 bridgehead atoms. The molecular formula is C16H15ClN2O3. The van der Waals surface area contributed by atoms with Crippen LogP contribution in [0, 0.1) is 17.0 Å². The highest BCUT2D eigenvalue weighted by atomic mass is 35.5. The standard InChI is InChI=1S/C16H15ClN2O3/c1-3-18(14-7-5-4-6-11(14)2)16(20)12-8-9-13(17)15(10-12)19(21)22/h4-10H,3H2,1-2H3. The minimum absolute atomic E-state index is 0.0143. The van der Waals surface area contributed by atoms with Gasteiger partial charge >= 0.3 is 0 Å². The molecule has 0 atom stereocenters. The van der Waals surface area contributed by atoms with Gasteiger partial charge in [0, 0.05) is 23.9 Å². The summed E-state index contributed by atoms with van der Waals surface area (Å²) in [5.41, 5.74) is 1.71. The van der Waals surface area contributed by atoms with Crippen LogP contribution in [0.3, 0.4) is 0 Å². The van der Waals surface area contributed by atoms with Gasteiger partial charge in [-0.1, -0.05) is 29.8 Å². The monoisotopic (exact) mass is 318 g/mol. The molecule has 5 nitrogen and oxygen atoms in total. The van der Waals surface area contributed by atoms with E-state index in [0.717, 1.165) is 11.3 Å². The van der Waals surface area contributed by atoms with Gasteiger partial charge in [0.15, 0.2) is 0 Å². The van der Waals surface area contributed by atoms with Crippen LogP contribution in [0.2, 0.25) is 5.02 Å². The first-order valence-electron chi connectivity index (χ1n) is 6.77. The Hall–Kier alpha value is -2.40. The van der Waals surface area contributed by atoms with Crippen LogP contribution in [0.25, 0.3) is 0 Å². The van der Waals surface area contributed by atoms with E-state index in [1.807, 2.05) is 38.1 Å². The molecule has 0 spiro atoms. The Labute approximate surface area is 133 Å². The zero-order valence-corrected chi connectivity index (χ0v) is 13.0. The first-order valence-corrected chi connectivity index (χ1v) is 7.15. The van der Waals surface area contributed by atoms with Gasteiger partial charge in [0.1, 0.15) is 5.02 Å². The summed E-state index contributed by atoms with van der Waals surface area (Å²) in [5.74, 6) is -0.295. The van der Waals surface area contributed by atoms with Crippen molar-refractivity contribution in [3.63, 3.8) is 0 Å². The second kappa shape index (κ2) is 6.58. The number of benzene rings is 2. The highest BCUT2D eigenvalue weighted by Crippen LogP contribution is 2.27. The lowest BCUT2D eigenvalue weighted by atomic mass is 10.1. The Morgan fingerprint density at radius 3 is 2.55 bits per heavy atom. The maximum atomic E-state index is 12.7.